The Morgan fingerprint density at radius 2 is 1.00 bits per heavy atom. The molecule has 4 nitrogen and oxygen atoms in total. The molecular formula is C6H17BrClNO3. The number of hydrogen-bond acceptors (Lipinski definition) is 4. The van der Waals surface area contributed by atoms with Crippen LogP contribution in [-0.2, 0) is 0 Å². The summed E-state index contributed by atoms with van der Waals surface area (Å²) in [5.74, 6) is 0. The Kier molecular flexibility index (Phi) is 21.7. The van der Waals surface area contributed by atoms with Crippen LogP contribution < -0.4 is 0 Å². The van der Waals surface area contributed by atoms with E-state index in [0.717, 1.165) is 0 Å². The molecule has 0 aliphatic carbocycles. The Bertz CT molecular complexity index is 65.5. The zero-order chi connectivity index (χ0) is 7.82. The van der Waals surface area contributed by atoms with Crippen molar-refractivity contribution in [1.82, 2.24) is 4.90 Å². The van der Waals surface area contributed by atoms with Crippen LogP contribution in [0.2, 0.25) is 0 Å². The monoisotopic (exact) mass is 265 g/mol. The summed E-state index contributed by atoms with van der Waals surface area (Å²) in [7, 11) is 0. The van der Waals surface area contributed by atoms with Gasteiger partial charge in [-0.25, -0.2) is 0 Å². The van der Waals surface area contributed by atoms with Gasteiger partial charge in [0, 0.05) is 19.6 Å². The van der Waals surface area contributed by atoms with Gasteiger partial charge in [-0.1, -0.05) is 0 Å². The standard InChI is InChI=1S/C6H15NO3.BrH.ClH/c8-4-1-7(2-5-9)3-6-10;;/h8-10H,1-6H2;2*1H. The normalized spacial score (nSPS) is 9.00. The highest BCUT2D eigenvalue weighted by Gasteiger charge is 2.00. The molecule has 0 aromatic heterocycles. The first-order valence-corrected chi connectivity index (χ1v) is 3.40. The zero-order valence-electron chi connectivity index (χ0n) is 6.85. The molecular weight excluding hydrogens is 249 g/mol. The van der Waals surface area contributed by atoms with Gasteiger partial charge >= 0.3 is 0 Å². The number of rotatable bonds is 6. The van der Waals surface area contributed by atoms with E-state index in [1.165, 1.54) is 0 Å². The number of hydrogen-bond donors (Lipinski definition) is 3. The number of aliphatic hydroxyl groups excluding tert-OH is 3. The van der Waals surface area contributed by atoms with E-state index < -0.39 is 0 Å². The fourth-order valence-corrected chi connectivity index (χ4v) is 0.760. The lowest BCUT2D eigenvalue weighted by Crippen LogP contribution is -2.32. The summed E-state index contributed by atoms with van der Waals surface area (Å²) >= 11 is 0. The molecule has 0 aromatic carbocycles. The van der Waals surface area contributed by atoms with Gasteiger partial charge in [0.15, 0.2) is 0 Å². The fourth-order valence-electron chi connectivity index (χ4n) is 0.760. The minimum Gasteiger partial charge on any atom is -0.395 e. The molecule has 0 aliphatic heterocycles. The van der Waals surface area contributed by atoms with Crippen molar-refractivity contribution in [2.24, 2.45) is 0 Å². The van der Waals surface area contributed by atoms with Gasteiger partial charge in [0.05, 0.1) is 19.8 Å². The molecule has 0 unspecified atom stereocenters. The van der Waals surface area contributed by atoms with Gasteiger partial charge in [-0.3, -0.25) is 4.90 Å². The SMILES string of the molecule is Br.Cl.OCCN(CCO)CCO. The molecule has 0 saturated heterocycles. The number of halogens is 2. The average Bonchev–Trinajstić information content (AvgIpc) is 1.90. The minimum absolute atomic E-state index is 0. The first kappa shape index (κ1) is 18.4. The van der Waals surface area contributed by atoms with E-state index >= 15 is 0 Å². The maximum atomic E-state index is 8.48. The molecule has 0 bridgehead atoms. The van der Waals surface area contributed by atoms with Gasteiger partial charge < -0.3 is 15.3 Å². The van der Waals surface area contributed by atoms with Crippen LogP contribution in [0.4, 0.5) is 0 Å². The Labute approximate surface area is 89.4 Å². The van der Waals surface area contributed by atoms with Crippen molar-refractivity contribution >= 4 is 29.4 Å². The number of nitrogens with zero attached hydrogens (tertiary/aromatic N) is 1. The van der Waals surface area contributed by atoms with Crippen molar-refractivity contribution in [3.63, 3.8) is 0 Å². The van der Waals surface area contributed by atoms with Crippen molar-refractivity contribution in [2.45, 2.75) is 0 Å². The lowest BCUT2D eigenvalue weighted by Gasteiger charge is -2.17. The Morgan fingerprint density at radius 3 is 1.17 bits per heavy atom. The van der Waals surface area contributed by atoms with Gasteiger partial charge in [0.25, 0.3) is 0 Å². The predicted octanol–water partition coefficient (Wildman–Crippen LogP) is -0.735. The smallest absolute Gasteiger partial charge is 0.0558 e. The third kappa shape index (κ3) is 10.6. The number of aliphatic hydroxyl groups is 3. The molecule has 0 aliphatic rings. The second-order valence-electron chi connectivity index (χ2n) is 2.01. The van der Waals surface area contributed by atoms with E-state index in [1.807, 2.05) is 0 Å². The largest absolute Gasteiger partial charge is 0.395 e. The summed E-state index contributed by atoms with van der Waals surface area (Å²) in [6.45, 7) is 1.75. The molecule has 0 saturated carbocycles. The molecule has 12 heavy (non-hydrogen) atoms. The molecule has 0 atom stereocenters. The molecule has 0 amide bonds. The summed E-state index contributed by atoms with van der Waals surface area (Å²) in [6, 6.07) is 0. The third-order valence-corrected chi connectivity index (χ3v) is 1.25. The van der Waals surface area contributed by atoms with Crippen LogP contribution in [0.25, 0.3) is 0 Å². The average molecular weight is 267 g/mol. The second-order valence-corrected chi connectivity index (χ2v) is 2.01. The topological polar surface area (TPSA) is 63.9 Å². The maximum Gasteiger partial charge on any atom is 0.0558 e. The van der Waals surface area contributed by atoms with Crippen molar-refractivity contribution in [1.29, 1.82) is 0 Å². The van der Waals surface area contributed by atoms with E-state index in [9.17, 15) is 0 Å². The second kappa shape index (κ2) is 14.2. The maximum absolute atomic E-state index is 8.48. The summed E-state index contributed by atoms with van der Waals surface area (Å²) in [5.41, 5.74) is 0. The molecule has 0 rings (SSSR count). The first-order chi connectivity index (χ1) is 4.85. The van der Waals surface area contributed by atoms with Gasteiger partial charge in [-0.15, -0.1) is 29.4 Å². The highest BCUT2D eigenvalue weighted by atomic mass is 79.9. The summed E-state index contributed by atoms with van der Waals surface area (Å²) in [5, 5.41) is 25.5. The van der Waals surface area contributed by atoms with E-state index in [0.29, 0.717) is 19.6 Å². The molecule has 3 N–H and O–H groups in total. The molecule has 0 radical (unpaired) electrons. The van der Waals surface area contributed by atoms with Crippen molar-refractivity contribution < 1.29 is 15.3 Å². The quantitative estimate of drug-likeness (QED) is 0.593. The Balaban J connectivity index is -0.000000405. The molecule has 6 heteroatoms. The first-order valence-electron chi connectivity index (χ1n) is 3.40. The Hall–Kier alpha value is 0.610. The predicted molar refractivity (Wildman–Crippen MR) is 55.3 cm³/mol. The highest BCUT2D eigenvalue weighted by Crippen LogP contribution is 1.84. The van der Waals surface area contributed by atoms with Crippen LogP contribution >= 0.6 is 29.4 Å². The third-order valence-electron chi connectivity index (χ3n) is 1.25. The van der Waals surface area contributed by atoms with Crippen molar-refractivity contribution in [2.75, 3.05) is 39.5 Å². The van der Waals surface area contributed by atoms with Crippen LogP contribution in [0.1, 0.15) is 0 Å². The Morgan fingerprint density at radius 1 is 0.750 bits per heavy atom. The molecule has 0 fully saturated rings. The fraction of sp³-hybridized carbons (Fsp3) is 1.00. The van der Waals surface area contributed by atoms with Crippen LogP contribution in [-0.4, -0.2) is 59.7 Å². The van der Waals surface area contributed by atoms with E-state index in [-0.39, 0.29) is 49.2 Å². The van der Waals surface area contributed by atoms with Gasteiger partial charge in [-0.2, -0.15) is 0 Å². The lowest BCUT2D eigenvalue weighted by atomic mass is 10.4. The molecule has 0 aromatic rings. The lowest BCUT2D eigenvalue weighted by molar-refractivity contribution is 0.136. The summed E-state index contributed by atoms with van der Waals surface area (Å²) in [4.78, 5) is 1.79. The van der Waals surface area contributed by atoms with Gasteiger partial charge in [0.2, 0.25) is 0 Å². The van der Waals surface area contributed by atoms with E-state index in [1.54, 1.807) is 4.90 Å². The van der Waals surface area contributed by atoms with Crippen LogP contribution in [0.3, 0.4) is 0 Å². The molecule has 0 spiro atoms. The van der Waals surface area contributed by atoms with E-state index in [2.05, 4.69) is 0 Å². The van der Waals surface area contributed by atoms with Crippen molar-refractivity contribution in [3.8, 4) is 0 Å². The van der Waals surface area contributed by atoms with Crippen LogP contribution in [0, 0.1) is 0 Å². The highest BCUT2D eigenvalue weighted by molar-refractivity contribution is 8.93. The minimum atomic E-state index is 0. The zero-order valence-corrected chi connectivity index (χ0v) is 9.38. The van der Waals surface area contributed by atoms with Gasteiger partial charge in [0.1, 0.15) is 0 Å². The van der Waals surface area contributed by atoms with Crippen LogP contribution in [0.5, 0.6) is 0 Å². The van der Waals surface area contributed by atoms with E-state index in [4.69, 9.17) is 15.3 Å². The molecule has 78 valence electrons. The summed E-state index contributed by atoms with van der Waals surface area (Å²) < 4.78 is 0. The molecule has 0 heterocycles. The van der Waals surface area contributed by atoms with Crippen LogP contribution in [0.15, 0.2) is 0 Å². The van der Waals surface area contributed by atoms with Gasteiger partial charge in [-0.05, 0) is 0 Å². The van der Waals surface area contributed by atoms with Crippen molar-refractivity contribution in [3.05, 3.63) is 0 Å². The summed E-state index contributed by atoms with van der Waals surface area (Å²) in [6.07, 6.45) is 0.